The number of benzene rings is 2. The van der Waals surface area contributed by atoms with Crippen molar-refractivity contribution in [3.8, 4) is 17.2 Å². The summed E-state index contributed by atoms with van der Waals surface area (Å²) in [6, 6.07) is 10.4. The summed E-state index contributed by atoms with van der Waals surface area (Å²) in [5.41, 5.74) is 1.32. The highest BCUT2D eigenvalue weighted by Gasteiger charge is 2.12. The van der Waals surface area contributed by atoms with E-state index in [-0.39, 0.29) is 5.78 Å². The maximum Gasteiger partial charge on any atom is 0.185 e. The van der Waals surface area contributed by atoms with Crippen LogP contribution in [0.15, 0.2) is 42.5 Å². The smallest absolute Gasteiger partial charge is 0.185 e. The third-order valence-corrected chi connectivity index (χ3v) is 3.77. The van der Waals surface area contributed by atoms with Crippen molar-refractivity contribution in [1.82, 2.24) is 0 Å². The van der Waals surface area contributed by atoms with Gasteiger partial charge in [0.25, 0.3) is 0 Å². The van der Waals surface area contributed by atoms with Crippen LogP contribution in [0.1, 0.15) is 36.7 Å². The first-order valence-corrected chi connectivity index (χ1v) is 9.01. The number of ketones is 1. The average molecular weight is 375 g/mol. The molecule has 4 nitrogen and oxygen atoms in total. The summed E-state index contributed by atoms with van der Waals surface area (Å²) >= 11 is 5.86. The van der Waals surface area contributed by atoms with E-state index >= 15 is 0 Å². The van der Waals surface area contributed by atoms with Crippen LogP contribution in [0.3, 0.4) is 0 Å². The molecule has 0 saturated heterocycles. The van der Waals surface area contributed by atoms with Gasteiger partial charge in [-0.2, -0.15) is 0 Å². The number of rotatable bonds is 9. The standard InChI is InChI=1S/C21H23ClO4/c1-4-24-19-14-21(26-6-3)20(25-5-2)13-16(19)9-12-18(23)15-7-10-17(22)11-8-15/h7-14H,4-6H2,1-3H3/b12-9+. The third-order valence-electron chi connectivity index (χ3n) is 3.52. The largest absolute Gasteiger partial charge is 0.493 e. The van der Waals surface area contributed by atoms with E-state index in [9.17, 15) is 4.79 Å². The number of hydrogen-bond donors (Lipinski definition) is 0. The van der Waals surface area contributed by atoms with E-state index in [1.54, 1.807) is 36.4 Å². The van der Waals surface area contributed by atoms with E-state index in [0.29, 0.717) is 47.7 Å². The Morgan fingerprint density at radius 2 is 1.42 bits per heavy atom. The summed E-state index contributed by atoms with van der Waals surface area (Å²) in [6.07, 6.45) is 3.23. The lowest BCUT2D eigenvalue weighted by Gasteiger charge is -2.15. The monoisotopic (exact) mass is 374 g/mol. The van der Waals surface area contributed by atoms with Crippen molar-refractivity contribution in [3.63, 3.8) is 0 Å². The van der Waals surface area contributed by atoms with Crippen molar-refractivity contribution in [3.05, 3.63) is 58.6 Å². The van der Waals surface area contributed by atoms with Gasteiger partial charge < -0.3 is 14.2 Å². The normalized spacial score (nSPS) is 10.8. The second-order valence-electron chi connectivity index (χ2n) is 5.34. The lowest BCUT2D eigenvalue weighted by Crippen LogP contribution is -2.01. The van der Waals surface area contributed by atoms with Gasteiger partial charge in [0, 0.05) is 22.2 Å². The molecule has 0 aliphatic carbocycles. The summed E-state index contributed by atoms with van der Waals surface area (Å²) in [5, 5.41) is 0.594. The zero-order valence-corrected chi connectivity index (χ0v) is 16.0. The molecule has 0 bridgehead atoms. The van der Waals surface area contributed by atoms with E-state index in [2.05, 4.69) is 0 Å². The minimum Gasteiger partial charge on any atom is -0.493 e. The van der Waals surface area contributed by atoms with Crippen LogP contribution in [0, 0.1) is 0 Å². The van der Waals surface area contributed by atoms with Gasteiger partial charge in [-0.25, -0.2) is 0 Å². The van der Waals surface area contributed by atoms with Crippen LogP contribution in [0.2, 0.25) is 5.02 Å². The Balaban J connectivity index is 2.34. The third kappa shape index (κ3) is 5.27. The zero-order chi connectivity index (χ0) is 18.9. The lowest BCUT2D eigenvalue weighted by molar-refractivity contribution is 0.104. The maximum absolute atomic E-state index is 12.4. The molecule has 0 aliphatic heterocycles. The molecule has 0 N–H and O–H groups in total. The number of ether oxygens (including phenoxy) is 3. The first-order valence-electron chi connectivity index (χ1n) is 8.63. The topological polar surface area (TPSA) is 44.8 Å². The second kappa shape index (κ2) is 9.88. The van der Waals surface area contributed by atoms with Crippen molar-refractivity contribution in [1.29, 1.82) is 0 Å². The second-order valence-corrected chi connectivity index (χ2v) is 5.78. The highest BCUT2D eigenvalue weighted by molar-refractivity contribution is 6.30. The van der Waals surface area contributed by atoms with E-state index in [1.807, 2.05) is 26.8 Å². The fourth-order valence-electron chi connectivity index (χ4n) is 2.38. The summed E-state index contributed by atoms with van der Waals surface area (Å²) in [6.45, 7) is 7.27. The van der Waals surface area contributed by atoms with Gasteiger partial charge >= 0.3 is 0 Å². The lowest BCUT2D eigenvalue weighted by atomic mass is 10.1. The molecule has 0 atom stereocenters. The first kappa shape index (κ1) is 19.9. The number of halogens is 1. The molecule has 2 aromatic rings. The minimum atomic E-state index is -0.115. The van der Waals surface area contributed by atoms with Crippen molar-refractivity contribution >= 4 is 23.5 Å². The fraction of sp³-hybridized carbons (Fsp3) is 0.286. The molecule has 0 fully saturated rings. The number of hydrogen-bond acceptors (Lipinski definition) is 4. The summed E-state index contributed by atoms with van der Waals surface area (Å²) in [7, 11) is 0. The molecule has 0 spiro atoms. The predicted molar refractivity (Wildman–Crippen MR) is 105 cm³/mol. The van der Waals surface area contributed by atoms with Crippen molar-refractivity contribution in [2.45, 2.75) is 20.8 Å². The minimum absolute atomic E-state index is 0.115. The van der Waals surface area contributed by atoms with Crippen LogP contribution in [-0.2, 0) is 0 Å². The van der Waals surface area contributed by atoms with Gasteiger partial charge in [0.1, 0.15) is 5.75 Å². The summed E-state index contributed by atoms with van der Waals surface area (Å²) in [4.78, 5) is 12.4. The van der Waals surface area contributed by atoms with Crippen LogP contribution in [-0.4, -0.2) is 25.6 Å². The SMILES string of the molecule is CCOc1cc(OCC)c(OCC)cc1/C=C/C(=O)c1ccc(Cl)cc1. The Morgan fingerprint density at radius 1 is 0.885 bits per heavy atom. The van der Waals surface area contributed by atoms with Crippen molar-refractivity contribution < 1.29 is 19.0 Å². The van der Waals surface area contributed by atoms with Crippen LogP contribution in [0.5, 0.6) is 17.2 Å². The van der Waals surface area contributed by atoms with Gasteiger partial charge in [-0.3, -0.25) is 4.79 Å². The van der Waals surface area contributed by atoms with Crippen LogP contribution < -0.4 is 14.2 Å². The van der Waals surface area contributed by atoms with Gasteiger partial charge in [-0.1, -0.05) is 11.6 Å². The number of carbonyl (C=O) groups is 1. The molecule has 0 saturated carbocycles. The Kier molecular flexibility index (Phi) is 7.54. The van der Waals surface area contributed by atoms with Gasteiger partial charge in [0.15, 0.2) is 17.3 Å². The molecule has 0 amide bonds. The quantitative estimate of drug-likeness (QED) is 0.433. The number of allylic oxidation sites excluding steroid dienone is 1. The molecule has 0 heterocycles. The van der Waals surface area contributed by atoms with E-state index in [4.69, 9.17) is 25.8 Å². The number of carbonyl (C=O) groups excluding carboxylic acids is 1. The maximum atomic E-state index is 12.4. The Hall–Kier alpha value is -2.46. The molecular weight excluding hydrogens is 352 g/mol. The Bertz CT molecular complexity index is 766. The highest BCUT2D eigenvalue weighted by atomic mass is 35.5. The Morgan fingerprint density at radius 3 is 2.00 bits per heavy atom. The van der Waals surface area contributed by atoms with Crippen molar-refractivity contribution in [2.75, 3.05) is 19.8 Å². The predicted octanol–water partition coefficient (Wildman–Crippen LogP) is 5.43. The molecule has 2 rings (SSSR count). The first-order chi connectivity index (χ1) is 12.6. The molecule has 5 heteroatoms. The Labute approximate surface area is 159 Å². The molecule has 0 unspecified atom stereocenters. The summed E-state index contributed by atoms with van der Waals surface area (Å²) in [5.74, 6) is 1.77. The zero-order valence-electron chi connectivity index (χ0n) is 15.3. The molecule has 0 radical (unpaired) electrons. The summed E-state index contributed by atoms with van der Waals surface area (Å²) < 4.78 is 17.0. The molecule has 138 valence electrons. The molecule has 0 aromatic heterocycles. The van der Waals surface area contributed by atoms with Crippen LogP contribution >= 0.6 is 11.6 Å². The molecule has 26 heavy (non-hydrogen) atoms. The van der Waals surface area contributed by atoms with Crippen LogP contribution in [0.25, 0.3) is 6.08 Å². The van der Waals surface area contributed by atoms with Crippen LogP contribution in [0.4, 0.5) is 0 Å². The molecule has 0 aliphatic rings. The van der Waals surface area contributed by atoms with E-state index in [0.717, 1.165) is 5.56 Å². The molecular formula is C21H23ClO4. The van der Waals surface area contributed by atoms with Crippen molar-refractivity contribution in [2.24, 2.45) is 0 Å². The van der Waals surface area contributed by atoms with Gasteiger partial charge in [-0.15, -0.1) is 0 Å². The van der Waals surface area contributed by atoms with Gasteiger partial charge in [-0.05, 0) is 63.3 Å². The van der Waals surface area contributed by atoms with Gasteiger partial charge in [0.2, 0.25) is 0 Å². The van der Waals surface area contributed by atoms with E-state index < -0.39 is 0 Å². The highest BCUT2D eigenvalue weighted by Crippen LogP contribution is 2.36. The fourth-order valence-corrected chi connectivity index (χ4v) is 2.51. The van der Waals surface area contributed by atoms with E-state index in [1.165, 1.54) is 6.08 Å². The van der Waals surface area contributed by atoms with Gasteiger partial charge in [0.05, 0.1) is 19.8 Å². The molecule has 2 aromatic carbocycles. The average Bonchev–Trinajstić information content (AvgIpc) is 2.63.